The number of benzene rings is 1. The van der Waals surface area contributed by atoms with Crippen LogP contribution in [0, 0.1) is 0 Å². The third-order valence-electron chi connectivity index (χ3n) is 4.23. The zero-order chi connectivity index (χ0) is 17.1. The summed E-state index contributed by atoms with van der Waals surface area (Å²) in [5, 5.41) is 0.704. The first-order valence-corrected chi connectivity index (χ1v) is 9.14. The van der Waals surface area contributed by atoms with Gasteiger partial charge in [0, 0.05) is 26.2 Å². The maximum Gasteiger partial charge on any atom is 0.295 e. The van der Waals surface area contributed by atoms with E-state index in [0.29, 0.717) is 17.4 Å². The topological polar surface area (TPSA) is 58.8 Å². The Morgan fingerprint density at radius 3 is 2.80 bits per heavy atom. The van der Waals surface area contributed by atoms with Gasteiger partial charge in [-0.3, -0.25) is 14.6 Å². The Labute approximate surface area is 149 Å². The molecule has 1 aliphatic heterocycles. The van der Waals surface area contributed by atoms with Crippen LogP contribution in [-0.2, 0) is 4.74 Å². The molecule has 1 fully saturated rings. The normalized spacial score (nSPS) is 15.5. The van der Waals surface area contributed by atoms with Crippen LogP contribution in [0.4, 0.5) is 5.13 Å². The number of aromatic nitrogens is 1. The van der Waals surface area contributed by atoms with E-state index in [-0.39, 0.29) is 5.91 Å². The molecule has 1 aromatic carbocycles. The smallest absolute Gasteiger partial charge is 0.295 e. The molecule has 6 nitrogen and oxygen atoms in total. The zero-order valence-corrected chi connectivity index (χ0v) is 14.6. The van der Waals surface area contributed by atoms with Crippen molar-refractivity contribution in [1.82, 2.24) is 9.88 Å². The molecule has 0 atom stereocenters. The number of ether oxygens (including phenoxy) is 1. The second kappa shape index (κ2) is 7.35. The number of fused-ring (bicyclic) bond motifs is 1. The summed E-state index contributed by atoms with van der Waals surface area (Å²) >= 11 is 1.53. The third-order valence-corrected chi connectivity index (χ3v) is 5.29. The number of anilines is 1. The van der Waals surface area contributed by atoms with Crippen molar-refractivity contribution in [2.75, 3.05) is 44.3 Å². The Kier molecular flexibility index (Phi) is 4.78. The van der Waals surface area contributed by atoms with Gasteiger partial charge in [-0.2, -0.15) is 0 Å². The minimum absolute atomic E-state index is 0.155. The van der Waals surface area contributed by atoms with E-state index in [2.05, 4.69) is 9.88 Å². The summed E-state index contributed by atoms with van der Waals surface area (Å²) in [4.78, 5) is 21.6. The second-order valence-corrected chi connectivity index (χ2v) is 6.86. The minimum atomic E-state index is -0.155. The van der Waals surface area contributed by atoms with E-state index < -0.39 is 0 Å². The van der Waals surface area contributed by atoms with Gasteiger partial charge < -0.3 is 9.15 Å². The van der Waals surface area contributed by atoms with Crippen molar-refractivity contribution in [2.24, 2.45) is 0 Å². The van der Waals surface area contributed by atoms with Crippen molar-refractivity contribution in [1.29, 1.82) is 0 Å². The summed E-state index contributed by atoms with van der Waals surface area (Å²) in [5.41, 5.74) is 0.908. The number of carbonyl (C=O) groups excluding carboxylic acids is 1. The second-order valence-electron chi connectivity index (χ2n) is 5.85. The van der Waals surface area contributed by atoms with Gasteiger partial charge in [0.05, 0.1) is 29.7 Å². The average Bonchev–Trinajstić information content (AvgIpc) is 3.32. The van der Waals surface area contributed by atoms with Crippen LogP contribution in [0.3, 0.4) is 0 Å². The van der Waals surface area contributed by atoms with Crippen LogP contribution in [0.25, 0.3) is 10.2 Å². The van der Waals surface area contributed by atoms with Gasteiger partial charge in [0.15, 0.2) is 10.9 Å². The lowest BCUT2D eigenvalue weighted by atomic mass is 10.3. The molecule has 3 heterocycles. The van der Waals surface area contributed by atoms with Gasteiger partial charge in [-0.05, 0) is 24.3 Å². The number of rotatable bonds is 5. The van der Waals surface area contributed by atoms with Crippen LogP contribution < -0.4 is 4.90 Å². The number of para-hydroxylation sites is 1. The predicted octanol–water partition coefficient (Wildman–Crippen LogP) is 2.87. The van der Waals surface area contributed by atoms with Gasteiger partial charge in [-0.1, -0.05) is 23.5 Å². The number of carbonyl (C=O) groups is 1. The highest BCUT2D eigenvalue weighted by molar-refractivity contribution is 7.22. The maximum atomic E-state index is 12.9. The Morgan fingerprint density at radius 2 is 2.04 bits per heavy atom. The Balaban J connectivity index is 1.59. The van der Waals surface area contributed by atoms with E-state index in [1.165, 1.54) is 17.6 Å². The Bertz CT molecular complexity index is 807. The van der Waals surface area contributed by atoms with Crippen LogP contribution in [0.15, 0.2) is 47.1 Å². The summed E-state index contributed by atoms with van der Waals surface area (Å²) in [6, 6.07) is 11.3. The molecule has 4 rings (SSSR count). The first-order valence-electron chi connectivity index (χ1n) is 8.32. The molecular weight excluding hydrogens is 338 g/mol. The summed E-state index contributed by atoms with van der Waals surface area (Å²) in [5.74, 6) is 0.179. The van der Waals surface area contributed by atoms with Crippen LogP contribution in [0.2, 0.25) is 0 Å². The largest absolute Gasteiger partial charge is 0.459 e. The molecule has 0 spiro atoms. The fraction of sp³-hybridized carbons (Fsp3) is 0.333. The summed E-state index contributed by atoms with van der Waals surface area (Å²) in [6.45, 7) is 4.62. The number of morpholine rings is 1. The van der Waals surface area contributed by atoms with Crippen LogP contribution in [-0.4, -0.2) is 55.2 Å². The van der Waals surface area contributed by atoms with Crippen LogP contribution in [0.5, 0.6) is 0 Å². The van der Waals surface area contributed by atoms with Crippen LogP contribution in [0.1, 0.15) is 10.6 Å². The van der Waals surface area contributed by atoms with Crippen molar-refractivity contribution in [3.63, 3.8) is 0 Å². The van der Waals surface area contributed by atoms with Gasteiger partial charge >= 0.3 is 0 Å². The van der Waals surface area contributed by atoms with Gasteiger partial charge in [-0.25, -0.2) is 4.98 Å². The fourth-order valence-electron chi connectivity index (χ4n) is 2.86. The molecule has 0 unspecified atom stereocenters. The highest BCUT2D eigenvalue weighted by atomic mass is 32.1. The van der Waals surface area contributed by atoms with Crippen molar-refractivity contribution >= 4 is 32.6 Å². The molecule has 0 bridgehead atoms. The SMILES string of the molecule is O=C(c1ccco1)N(CCN1CCOCC1)c1nc2ccccc2s1. The molecule has 3 aromatic rings. The van der Waals surface area contributed by atoms with E-state index in [4.69, 9.17) is 9.15 Å². The number of hydrogen-bond acceptors (Lipinski definition) is 6. The van der Waals surface area contributed by atoms with Crippen molar-refractivity contribution < 1.29 is 13.9 Å². The van der Waals surface area contributed by atoms with Gasteiger partial charge in [0.25, 0.3) is 5.91 Å². The molecule has 1 aliphatic rings. The lowest BCUT2D eigenvalue weighted by molar-refractivity contribution is 0.0390. The molecule has 1 saturated heterocycles. The van der Waals surface area contributed by atoms with Gasteiger partial charge in [-0.15, -0.1) is 0 Å². The van der Waals surface area contributed by atoms with Crippen molar-refractivity contribution in [3.05, 3.63) is 48.4 Å². The molecule has 2 aromatic heterocycles. The minimum Gasteiger partial charge on any atom is -0.459 e. The first-order chi connectivity index (χ1) is 12.3. The van der Waals surface area contributed by atoms with E-state index in [1.54, 1.807) is 17.0 Å². The molecule has 7 heteroatoms. The highest BCUT2D eigenvalue weighted by Crippen LogP contribution is 2.29. The van der Waals surface area contributed by atoms with Crippen molar-refractivity contribution in [2.45, 2.75) is 0 Å². The molecule has 1 amide bonds. The van der Waals surface area contributed by atoms with E-state index in [1.807, 2.05) is 24.3 Å². The zero-order valence-electron chi connectivity index (χ0n) is 13.8. The number of amides is 1. The van der Waals surface area contributed by atoms with E-state index in [0.717, 1.165) is 43.1 Å². The monoisotopic (exact) mass is 357 g/mol. The maximum absolute atomic E-state index is 12.9. The Morgan fingerprint density at radius 1 is 1.20 bits per heavy atom. The summed E-state index contributed by atoms with van der Waals surface area (Å²) in [7, 11) is 0. The lowest BCUT2D eigenvalue weighted by Crippen LogP contribution is -2.43. The predicted molar refractivity (Wildman–Crippen MR) is 97.3 cm³/mol. The van der Waals surface area contributed by atoms with E-state index >= 15 is 0 Å². The van der Waals surface area contributed by atoms with Gasteiger partial charge in [0.1, 0.15) is 0 Å². The molecule has 0 aliphatic carbocycles. The molecule has 0 saturated carbocycles. The number of thiazole rings is 1. The standard InChI is InChI=1S/C18H19N3O3S/c22-17(15-5-3-11-24-15)21(8-7-20-9-12-23-13-10-20)18-19-14-4-1-2-6-16(14)25-18/h1-6,11H,7-10,12-13H2. The number of nitrogens with zero attached hydrogens (tertiary/aromatic N) is 3. The summed E-state index contributed by atoms with van der Waals surface area (Å²) < 4.78 is 11.8. The third kappa shape index (κ3) is 3.58. The molecule has 0 radical (unpaired) electrons. The average molecular weight is 357 g/mol. The number of hydrogen-bond donors (Lipinski definition) is 0. The highest BCUT2D eigenvalue weighted by Gasteiger charge is 2.24. The number of furan rings is 1. The van der Waals surface area contributed by atoms with Gasteiger partial charge in [0.2, 0.25) is 0 Å². The molecule has 0 N–H and O–H groups in total. The molecule has 130 valence electrons. The van der Waals surface area contributed by atoms with Crippen molar-refractivity contribution in [3.8, 4) is 0 Å². The summed E-state index contributed by atoms with van der Waals surface area (Å²) in [6.07, 6.45) is 1.52. The molecular formula is C18H19N3O3S. The molecule has 25 heavy (non-hydrogen) atoms. The van der Waals surface area contributed by atoms with E-state index in [9.17, 15) is 4.79 Å². The first kappa shape index (κ1) is 16.3. The lowest BCUT2D eigenvalue weighted by Gasteiger charge is -2.28. The van der Waals surface area contributed by atoms with Crippen LogP contribution >= 0.6 is 11.3 Å². The Hall–Kier alpha value is -2.22. The quantitative estimate of drug-likeness (QED) is 0.703. The fourth-order valence-corrected chi connectivity index (χ4v) is 3.85.